The second-order valence-corrected chi connectivity index (χ2v) is 7.91. The van der Waals surface area contributed by atoms with Crippen molar-refractivity contribution in [3.8, 4) is 0 Å². The summed E-state index contributed by atoms with van der Waals surface area (Å²) in [5.41, 5.74) is 4.63. The van der Waals surface area contributed by atoms with Crippen LogP contribution in [0.15, 0.2) is 54.9 Å². The molecule has 29 heavy (non-hydrogen) atoms. The molecule has 152 valence electrons. The van der Waals surface area contributed by atoms with E-state index in [4.69, 9.17) is 0 Å². The molecule has 4 rings (SSSR count). The highest BCUT2D eigenvalue weighted by molar-refractivity contribution is 5.94. The minimum Gasteiger partial charge on any atom is -0.395 e. The topological polar surface area (TPSA) is 65.5 Å². The molecule has 0 bridgehead atoms. The third-order valence-corrected chi connectivity index (χ3v) is 6.21. The lowest BCUT2D eigenvalue weighted by Gasteiger charge is -2.47. The van der Waals surface area contributed by atoms with Crippen molar-refractivity contribution in [2.75, 3.05) is 19.7 Å². The van der Waals surface area contributed by atoms with E-state index in [0.29, 0.717) is 18.7 Å². The van der Waals surface area contributed by atoms with E-state index in [1.807, 2.05) is 11.8 Å². The van der Waals surface area contributed by atoms with Gasteiger partial charge in [0.15, 0.2) is 0 Å². The average molecular weight is 392 g/mol. The quantitative estimate of drug-likeness (QED) is 0.761. The van der Waals surface area contributed by atoms with Crippen LogP contribution in [0.1, 0.15) is 53.6 Å². The van der Waals surface area contributed by atoms with Gasteiger partial charge in [-0.1, -0.05) is 30.3 Å². The molecule has 2 aromatic rings. The van der Waals surface area contributed by atoms with Gasteiger partial charge in [0, 0.05) is 49.0 Å². The Morgan fingerprint density at radius 3 is 2.55 bits per heavy atom. The fourth-order valence-corrected chi connectivity index (χ4v) is 4.56. The van der Waals surface area contributed by atoms with Crippen molar-refractivity contribution in [3.05, 3.63) is 71.6 Å². The van der Waals surface area contributed by atoms with Crippen molar-refractivity contribution >= 4 is 11.5 Å². The third kappa shape index (κ3) is 4.11. The summed E-state index contributed by atoms with van der Waals surface area (Å²) in [5.74, 6) is 0.220. The van der Waals surface area contributed by atoms with Crippen LogP contribution in [0, 0.1) is 0 Å². The van der Waals surface area contributed by atoms with E-state index in [-0.39, 0.29) is 30.5 Å². The first kappa shape index (κ1) is 19.8. The molecule has 2 heterocycles. The first-order valence-corrected chi connectivity index (χ1v) is 10.6. The normalized spacial score (nSPS) is 23.4. The van der Waals surface area contributed by atoms with Crippen molar-refractivity contribution in [3.63, 3.8) is 0 Å². The van der Waals surface area contributed by atoms with Gasteiger partial charge in [-0.3, -0.25) is 9.78 Å². The molecule has 5 heteroatoms. The summed E-state index contributed by atoms with van der Waals surface area (Å²) in [6, 6.07) is 12.5. The minimum absolute atomic E-state index is 0.0198. The van der Waals surface area contributed by atoms with E-state index in [1.165, 1.54) is 29.5 Å². The van der Waals surface area contributed by atoms with Crippen LogP contribution in [-0.4, -0.2) is 52.7 Å². The molecule has 5 nitrogen and oxygen atoms in total. The standard InChI is InChI=1S/C24H29N3O2/c1-2-27(24(29)20-11-13-25-14-12-20)15-21-23(22(16-28)26-21)19-9-7-18(8-10-19)17-5-3-4-6-17/h5,7-14,21-23,26,28H,2-4,6,15-16H2,1H3/t21-,22-,23-/m1/s1. The van der Waals surface area contributed by atoms with Crippen LogP contribution in [0.3, 0.4) is 0 Å². The smallest absolute Gasteiger partial charge is 0.254 e. The summed E-state index contributed by atoms with van der Waals surface area (Å²) in [4.78, 5) is 18.7. The number of allylic oxidation sites excluding steroid dienone is 2. The van der Waals surface area contributed by atoms with E-state index < -0.39 is 0 Å². The Hall–Kier alpha value is -2.50. The number of nitrogens with zero attached hydrogens (tertiary/aromatic N) is 2. The maximum Gasteiger partial charge on any atom is 0.254 e. The fraction of sp³-hybridized carbons (Fsp3) is 0.417. The predicted molar refractivity (Wildman–Crippen MR) is 115 cm³/mol. The summed E-state index contributed by atoms with van der Waals surface area (Å²) in [7, 11) is 0. The maximum absolute atomic E-state index is 12.9. The van der Waals surface area contributed by atoms with Gasteiger partial charge in [-0.25, -0.2) is 0 Å². The molecule has 0 spiro atoms. The number of pyridine rings is 1. The zero-order chi connectivity index (χ0) is 20.2. The second-order valence-electron chi connectivity index (χ2n) is 7.91. The van der Waals surface area contributed by atoms with Gasteiger partial charge in [-0.2, -0.15) is 0 Å². The zero-order valence-electron chi connectivity index (χ0n) is 16.9. The number of carbonyl (C=O) groups excluding carboxylic acids is 1. The Labute approximate surface area is 172 Å². The molecule has 0 saturated carbocycles. The fourth-order valence-electron chi connectivity index (χ4n) is 4.56. The number of hydrogen-bond donors (Lipinski definition) is 2. The third-order valence-electron chi connectivity index (χ3n) is 6.21. The highest BCUT2D eigenvalue weighted by Crippen LogP contribution is 2.34. The van der Waals surface area contributed by atoms with E-state index in [2.05, 4.69) is 40.6 Å². The number of amides is 1. The highest BCUT2D eigenvalue weighted by Gasteiger charge is 2.42. The Bertz CT molecular complexity index is 863. The van der Waals surface area contributed by atoms with Crippen molar-refractivity contribution in [2.24, 2.45) is 0 Å². The van der Waals surface area contributed by atoms with Gasteiger partial charge < -0.3 is 15.3 Å². The van der Waals surface area contributed by atoms with Gasteiger partial charge in [0.05, 0.1) is 6.61 Å². The molecule has 1 aliphatic heterocycles. The number of aliphatic hydroxyl groups is 1. The summed E-state index contributed by atoms with van der Waals surface area (Å²) >= 11 is 0. The molecule has 1 amide bonds. The second kappa shape index (κ2) is 8.89. The number of aliphatic hydroxyl groups excluding tert-OH is 1. The summed E-state index contributed by atoms with van der Waals surface area (Å²) in [6.45, 7) is 3.35. The molecular weight excluding hydrogens is 362 g/mol. The molecule has 1 aromatic carbocycles. The number of benzene rings is 1. The molecule has 1 saturated heterocycles. The van der Waals surface area contributed by atoms with Crippen LogP contribution in [0.4, 0.5) is 0 Å². The number of carbonyl (C=O) groups is 1. The molecule has 0 radical (unpaired) electrons. The van der Waals surface area contributed by atoms with Crippen LogP contribution in [0.5, 0.6) is 0 Å². The summed E-state index contributed by atoms with van der Waals surface area (Å²) in [5, 5.41) is 13.2. The predicted octanol–water partition coefficient (Wildman–Crippen LogP) is 3.23. The minimum atomic E-state index is 0.0198. The maximum atomic E-state index is 12.9. The van der Waals surface area contributed by atoms with Crippen LogP contribution < -0.4 is 5.32 Å². The van der Waals surface area contributed by atoms with Gasteiger partial charge in [-0.15, -0.1) is 0 Å². The van der Waals surface area contributed by atoms with E-state index in [0.717, 1.165) is 6.42 Å². The highest BCUT2D eigenvalue weighted by atomic mass is 16.3. The zero-order valence-corrected chi connectivity index (χ0v) is 16.9. The Morgan fingerprint density at radius 2 is 1.93 bits per heavy atom. The number of hydrogen-bond acceptors (Lipinski definition) is 4. The van der Waals surface area contributed by atoms with Gasteiger partial charge in [0.1, 0.15) is 0 Å². The lowest BCUT2D eigenvalue weighted by Crippen LogP contribution is -2.65. The molecule has 2 aliphatic rings. The first-order valence-electron chi connectivity index (χ1n) is 10.6. The van der Waals surface area contributed by atoms with Crippen LogP contribution >= 0.6 is 0 Å². The molecule has 3 atom stereocenters. The van der Waals surface area contributed by atoms with E-state index >= 15 is 0 Å². The number of nitrogens with one attached hydrogen (secondary N) is 1. The Kier molecular flexibility index (Phi) is 6.07. The summed E-state index contributed by atoms with van der Waals surface area (Å²) in [6.07, 6.45) is 9.22. The van der Waals surface area contributed by atoms with Gasteiger partial charge >= 0.3 is 0 Å². The van der Waals surface area contributed by atoms with Gasteiger partial charge in [0.25, 0.3) is 5.91 Å². The Balaban J connectivity index is 1.48. The first-order chi connectivity index (χ1) is 14.2. The molecule has 1 fully saturated rings. The SMILES string of the molecule is CCN(C[C@H]1N[C@H](CO)[C@@H]1c1ccc(C2=CCCC2)cc1)C(=O)c1ccncc1. The van der Waals surface area contributed by atoms with Crippen LogP contribution in [0.2, 0.25) is 0 Å². The molecular formula is C24H29N3O2. The molecule has 0 unspecified atom stereocenters. The van der Waals surface area contributed by atoms with Gasteiger partial charge in [0.2, 0.25) is 0 Å². The molecule has 1 aromatic heterocycles. The van der Waals surface area contributed by atoms with Crippen LogP contribution in [0.25, 0.3) is 5.57 Å². The van der Waals surface area contributed by atoms with Crippen LogP contribution in [-0.2, 0) is 0 Å². The molecule has 1 aliphatic carbocycles. The largest absolute Gasteiger partial charge is 0.395 e. The van der Waals surface area contributed by atoms with Crippen molar-refractivity contribution < 1.29 is 9.90 Å². The summed E-state index contributed by atoms with van der Waals surface area (Å²) < 4.78 is 0. The number of likely N-dealkylation sites (N-methyl/N-ethyl adjacent to an activating group) is 1. The number of rotatable bonds is 7. The monoisotopic (exact) mass is 391 g/mol. The van der Waals surface area contributed by atoms with Crippen molar-refractivity contribution in [2.45, 2.75) is 44.2 Å². The van der Waals surface area contributed by atoms with E-state index in [9.17, 15) is 9.90 Å². The lowest BCUT2D eigenvalue weighted by atomic mass is 9.77. The van der Waals surface area contributed by atoms with Gasteiger partial charge in [-0.05, 0) is 55.0 Å². The van der Waals surface area contributed by atoms with E-state index in [1.54, 1.807) is 24.5 Å². The molecule has 2 N–H and O–H groups in total. The van der Waals surface area contributed by atoms with Crippen molar-refractivity contribution in [1.82, 2.24) is 15.2 Å². The number of aromatic nitrogens is 1. The average Bonchev–Trinajstić information content (AvgIpc) is 3.29. The Morgan fingerprint density at radius 1 is 1.17 bits per heavy atom. The lowest BCUT2D eigenvalue weighted by molar-refractivity contribution is 0.0641. The van der Waals surface area contributed by atoms with Crippen molar-refractivity contribution in [1.29, 1.82) is 0 Å².